The van der Waals surface area contributed by atoms with Crippen LogP contribution in [0.3, 0.4) is 0 Å². The van der Waals surface area contributed by atoms with Gasteiger partial charge in [-0.3, -0.25) is 0 Å². The number of hydrogen-bond donors (Lipinski definition) is 2. The van der Waals surface area contributed by atoms with Crippen molar-refractivity contribution in [1.82, 2.24) is 4.72 Å². The molecule has 100 valence electrons. The van der Waals surface area contributed by atoms with Crippen molar-refractivity contribution in [2.45, 2.75) is 30.7 Å². The van der Waals surface area contributed by atoms with Gasteiger partial charge in [-0.1, -0.05) is 25.6 Å². The van der Waals surface area contributed by atoms with Crippen molar-refractivity contribution in [2.24, 2.45) is 5.73 Å². The highest BCUT2D eigenvalue weighted by molar-refractivity contribution is 7.89. The van der Waals surface area contributed by atoms with Crippen molar-refractivity contribution in [2.75, 3.05) is 0 Å². The van der Waals surface area contributed by atoms with Crippen LogP contribution in [-0.4, -0.2) is 19.4 Å². The highest BCUT2D eigenvalue weighted by Crippen LogP contribution is 2.11. The summed E-state index contributed by atoms with van der Waals surface area (Å²) < 4.78 is 39.1. The lowest BCUT2D eigenvalue weighted by Gasteiger charge is -2.16. The van der Waals surface area contributed by atoms with Crippen molar-refractivity contribution in [3.63, 3.8) is 0 Å². The Morgan fingerprint density at radius 1 is 1.44 bits per heavy atom. The molecule has 4 nitrogen and oxygen atoms in total. The van der Waals surface area contributed by atoms with E-state index < -0.39 is 21.9 Å². The van der Waals surface area contributed by atoms with Gasteiger partial charge in [0.2, 0.25) is 10.0 Å². The molecule has 3 N–H and O–H groups in total. The van der Waals surface area contributed by atoms with E-state index in [-0.39, 0.29) is 9.88 Å². The zero-order valence-electron chi connectivity index (χ0n) is 9.89. The summed E-state index contributed by atoms with van der Waals surface area (Å²) >= 11 is 4.81. The van der Waals surface area contributed by atoms with Crippen LogP contribution in [0.1, 0.15) is 19.8 Å². The maximum absolute atomic E-state index is 12.7. The molecule has 0 aliphatic carbocycles. The Morgan fingerprint density at radius 3 is 2.44 bits per heavy atom. The van der Waals surface area contributed by atoms with Gasteiger partial charge in [-0.05, 0) is 30.7 Å². The number of hydrogen-bond acceptors (Lipinski definition) is 3. The van der Waals surface area contributed by atoms with E-state index in [1.807, 2.05) is 6.92 Å². The SMILES string of the molecule is CCCC(NS(=O)(=O)c1ccc(F)cc1)C(N)=S. The summed E-state index contributed by atoms with van der Waals surface area (Å²) in [6.07, 6.45) is 1.27. The van der Waals surface area contributed by atoms with E-state index in [9.17, 15) is 12.8 Å². The average molecular weight is 290 g/mol. The summed E-state index contributed by atoms with van der Waals surface area (Å²) in [6.45, 7) is 1.90. The first kappa shape index (κ1) is 15.0. The Morgan fingerprint density at radius 2 is 2.00 bits per heavy atom. The summed E-state index contributed by atoms with van der Waals surface area (Å²) in [5.74, 6) is -0.492. The second kappa shape index (κ2) is 6.21. The fraction of sp³-hybridized carbons (Fsp3) is 0.364. The quantitative estimate of drug-likeness (QED) is 0.780. The minimum Gasteiger partial charge on any atom is -0.392 e. The third-order valence-electron chi connectivity index (χ3n) is 2.34. The van der Waals surface area contributed by atoms with Gasteiger partial charge >= 0.3 is 0 Å². The molecule has 0 radical (unpaired) electrons. The van der Waals surface area contributed by atoms with Crippen molar-refractivity contribution in [1.29, 1.82) is 0 Å². The summed E-state index contributed by atoms with van der Waals surface area (Å²) in [7, 11) is -3.73. The zero-order chi connectivity index (χ0) is 13.8. The Labute approximate surface area is 111 Å². The second-order valence-electron chi connectivity index (χ2n) is 3.82. The topological polar surface area (TPSA) is 72.2 Å². The lowest BCUT2D eigenvalue weighted by atomic mass is 10.2. The maximum atomic E-state index is 12.7. The highest BCUT2D eigenvalue weighted by Gasteiger charge is 2.21. The van der Waals surface area contributed by atoms with Gasteiger partial charge in [0, 0.05) is 0 Å². The number of benzene rings is 1. The molecule has 0 aliphatic rings. The van der Waals surface area contributed by atoms with Gasteiger partial charge < -0.3 is 5.73 Å². The Kier molecular flexibility index (Phi) is 5.18. The van der Waals surface area contributed by atoms with Crippen LogP contribution in [0.15, 0.2) is 29.2 Å². The van der Waals surface area contributed by atoms with Crippen molar-refractivity contribution >= 4 is 27.2 Å². The van der Waals surface area contributed by atoms with E-state index in [1.54, 1.807) is 0 Å². The number of halogens is 1. The number of sulfonamides is 1. The smallest absolute Gasteiger partial charge is 0.241 e. The van der Waals surface area contributed by atoms with Crippen molar-refractivity contribution < 1.29 is 12.8 Å². The second-order valence-corrected chi connectivity index (χ2v) is 6.00. The molecule has 1 aromatic carbocycles. The van der Waals surface area contributed by atoms with Crippen LogP contribution in [0.25, 0.3) is 0 Å². The van der Waals surface area contributed by atoms with Crippen LogP contribution in [0, 0.1) is 5.82 Å². The molecule has 0 aliphatic heterocycles. The standard InChI is InChI=1S/C11H15FN2O2S2/c1-2-3-10(11(13)17)14-18(15,16)9-6-4-8(12)5-7-9/h4-7,10,14H,2-3H2,1H3,(H2,13,17). The minimum absolute atomic E-state index is 0.0127. The molecule has 0 bridgehead atoms. The first-order chi connectivity index (χ1) is 8.36. The molecule has 0 saturated carbocycles. The fourth-order valence-electron chi connectivity index (χ4n) is 1.42. The van der Waals surface area contributed by atoms with Crippen LogP contribution < -0.4 is 10.5 Å². The van der Waals surface area contributed by atoms with E-state index in [4.69, 9.17) is 18.0 Å². The predicted molar refractivity (Wildman–Crippen MR) is 72.2 cm³/mol. The maximum Gasteiger partial charge on any atom is 0.241 e. The molecule has 0 saturated heterocycles. The molecule has 1 unspecified atom stereocenters. The third kappa shape index (κ3) is 4.01. The van der Waals surface area contributed by atoms with E-state index >= 15 is 0 Å². The van der Waals surface area contributed by atoms with Crippen LogP contribution in [0.2, 0.25) is 0 Å². The third-order valence-corrected chi connectivity index (χ3v) is 4.11. The van der Waals surface area contributed by atoms with E-state index in [0.717, 1.165) is 18.6 Å². The number of thiocarbonyl (C=S) groups is 1. The van der Waals surface area contributed by atoms with E-state index in [1.165, 1.54) is 12.1 Å². The molecule has 1 aromatic rings. The van der Waals surface area contributed by atoms with Gasteiger partial charge in [0.15, 0.2) is 0 Å². The summed E-state index contributed by atoms with van der Waals surface area (Å²) in [5.41, 5.74) is 5.48. The van der Waals surface area contributed by atoms with Crippen LogP contribution in [-0.2, 0) is 10.0 Å². The number of rotatable bonds is 6. The first-order valence-corrected chi connectivity index (χ1v) is 7.33. The molecule has 0 heterocycles. The van der Waals surface area contributed by atoms with Gasteiger partial charge in [-0.25, -0.2) is 17.5 Å². The lowest BCUT2D eigenvalue weighted by molar-refractivity contribution is 0.566. The van der Waals surface area contributed by atoms with Gasteiger partial charge in [0.25, 0.3) is 0 Å². The summed E-state index contributed by atoms with van der Waals surface area (Å²) in [4.78, 5) is 0.0868. The average Bonchev–Trinajstić information content (AvgIpc) is 2.28. The van der Waals surface area contributed by atoms with Crippen LogP contribution >= 0.6 is 12.2 Å². The van der Waals surface area contributed by atoms with E-state index in [2.05, 4.69) is 4.72 Å². The predicted octanol–water partition coefficient (Wildman–Crippen LogP) is 1.56. The summed E-state index contributed by atoms with van der Waals surface area (Å²) in [6, 6.07) is 3.98. The molecular formula is C11H15FN2O2S2. The number of nitrogens with one attached hydrogen (secondary N) is 1. The normalized spacial score (nSPS) is 13.2. The van der Waals surface area contributed by atoms with Gasteiger partial charge in [0.1, 0.15) is 5.82 Å². The van der Waals surface area contributed by atoms with Gasteiger partial charge in [-0.15, -0.1) is 0 Å². The highest BCUT2D eigenvalue weighted by atomic mass is 32.2. The first-order valence-electron chi connectivity index (χ1n) is 5.44. The Balaban J connectivity index is 2.93. The molecule has 0 aromatic heterocycles. The van der Waals surface area contributed by atoms with Crippen molar-refractivity contribution in [3.8, 4) is 0 Å². The number of nitrogens with two attached hydrogens (primary N) is 1. The Hall–Kier alpha value is -1.05. The fourth-order valence-corrected chi connectivity index (χ4v) is 2.92. The molecule has 0 amide bonds. The zero-order valence-corrected chi connectivity index (χ0v) is 11.5. The molecule has 1 rings (SSSR count). The Bertz CT molecular complexity index is 514. The molecule has 0 spiro atoms. The van der Waals surface area contributed by atoms with Gasteiger partial charge in [0.05, 0.1) is 15.9 Å². The molecule has 1 atom stereocenters. The molecule has 0 fully saturated rings. The van der Waals surface area contributed by atoms with Gasteiger partial charge in [-0.2, -0.15) is 0 Å². The molecule has 18 heavy (non-hydrogen) atoms. The van der Waals surface area contributed by atoms with Crippen LogP contribution in [0.4, 0.5) is 4.39 Å². The van der Waals surface area contributed by atoms with E-state index in [0.29, 0.717) is 6.42 Å². The largest absolute Gasteiger partial charge is 0.392 e. The summed E-state index contributed by atoms with van der Waals surface area (Å²) in [5, 5.41) is 0. The monoisotopic (exact) mass is 290 g/mol. The van der Waals surface area contributed by atoms with Crippen LogP contribution in [0.5, 0.6) is 0 Å². The lowest BCUT2D eigenvalue weighted by Crippen LogP contribution is -2.43. The molecule has 7 heteroatoms. The van der Waals surface area contributed by atoms with Crippen molar-refractivity contribution in [3.05, 3.63) is 30.1 Å². The molecular weight excluding hydrogens is 275 g/mol. The minimum atomic E-state index is -3.73.